The number of piperazine rings is 1. The van der Waals surface area contributed by atoms with Crippen molar-refractivity contribution < 1.29 is 14.6 Å². The van der Waals surface area contributed by atoms with Crippen LogP contribution in [0.1, 0.15) is 36.1 Å². The van der Waals surface area contributed by atoms with Gasteiger partial charge in [-0.15, -0.1) is 11.8 Å². The molecule has 0 aromatic heterocycles. The number of rotatable bonds is 9. The lowest BCUT2D eigenvalue weighted by Crippen LogP contribution is -2.46. The van der Waals surface area contributed by atoms with Gasteiger partial charge in [0.1, 0.15) is 5.75 Å². The molecule has 1 N–H and O–H groups in total. The van der Waals surface area contributed by atoms with E-state index < -0.39 is 11.6 Å². The van der Waals surface area contributed by atoms with Crippen LogP contribution >= 0.6 is 11.8 Å². The molecule has 0 radical (unpaired) electrons. The second-order valence-electron chi connectivity index (χ2n) is 9.19. The maximum Gasteiger partial charge on any atom is 0.347 e. The number of hydrogen-bond acceptors (Lipinski definition) is 5. The highest BCUT2D eigenvalue weighted by Gasteiger charge is 2.30. The molecule has 0 saturated carbocycles. The Morgan fingerprint density at radius 2 is 1.56 bits per heavy atom. The van der Waals surface area contributed by atoms with Crippen LogP contribution in [-0.4, -0.2) is 65.5 Å². The molecule has 0 bridgehead atoms. The second kappa shape index (κ2) is 10.7. The number of carboxylic acid groups (broad SMARTS) is 1. The molecule has 1 fully saturated rings. The molecule has 32 heavy (non-hydrogen) atoms. The van der Waals surface area contributed by atoms with Gasteiger partial charge in [-0.25, -0.2) is 4.79 Å². The van der Waals surface area contributed by atoms with Crippen LogP contribution in [0.3, 0.4) is 0 Å². The third-order valence-corrected chi connectivity index (χ3v) is 6.88. The molecule has 1 aliphatic heterocycles. The predicted molar refractivity (Wildman–Crippen MR) is 132 cm³/mol. The van der Waals surface area contributed by atoms with E-state index in [0.717, 1.165) is 56.8 Å². The van der Waals surface area contributed by atoms with Gasteiger partial charge in [0, 0.05) is 44.2 Å². The molecule has 2 aromatic rings. The normalized spacial score (nSPS) is 15.7. The summed E-state index contributed by atoms with van der Waals surface area (Å²) in [5.74, 6) is -0.285. The summed E-state index contributed by atoms with van der Waals surface area (Å²) in [6.45, 7) is 13.5. The highest BCUT2D eigenvalue weighted by Crippen LogP contribution is 2.29. The summed E-state index contributed by atoms with van der Waals surface area (Å²) >= 11 is 1.78. The molecule has 0 unspecified atom stereocenters. The summed E-state index contributed by atoms with van der Waals surface area (Å²) in [6, 6.07) is 13.2. The van der Waals surface area contributed by atoms with Gasteiger partial charge in [0.25, 0.3) is 0 Å². The zero-order chi connectivity index (χ0) is 23.3. The molecule has 3 rings (SSSR count). The number of carboxylic acids is 1. The third kappa shape index (κ3) is 6.50. The molecule has 174 valence electrons. The van der Waals surface area contributed by atoms with Gasteiger partial charge in [-0.1, -0.05) is 24.3 Å². The summed E-state index contributed by atoms with van der Waals surface area (Å²) in [4.78, 5) is 17.8. The van der Waals surface area contributed by atoms with E-state index in [-0.39, 0.29) is 0 Å². The standard InChI is InChI=1S/C26H36N2O3S/c1-19-16-22(17-20(2)24(19)31-26(3,4)25(29)30)18-28-14-12-27(13-15-28)11-10-21-6-8-23(32-5)9-7-21/h6-9,16-17H,10-15,18H2,1-5H3,(H,29,30). The lowest BCUT2D eigenvalue weighted by molar-refractivity contribution is -0.152. The third-order valence-electron chi connectivity index (χ3n) is 6.14. The molecule has 0 aliphatic carbocycles. The number of benzene rings is 2. The smallest absolute Gasteiger partial charge is 0.347 e. The minimum absolute atomic E-state index is 0.677. The van der Waals surface area contributed by atoms with Gasteiger partial charge >= 0.3 is 5.97 Å². The van der Waals surface area contributed by atoms with E-state index in [1.165, 1.54) is 16.0 Å². The molecule has 0 amide bonds. The fourth-order valence-electron chi connectivity index (χ4n) is 4.10. The van der Waals surface area contributed by atoms with Crippen molar-refractivity contribution in [3.63, 3.8) is 0 Å². The van der Waals surface area contributed by atoms with Gasteiger partial charge in [0.15, 0.2) is 5.60 Å². The van der Waals surface area contributed by atoms with Crippen LogP contribution in [0.25, 0.3) is 0 Å². The molecule has 0 spiro atoms. The molecule has 1 aliphatic rings. The van der Waals surface area contributed by atoms with Crippen LogP contribution < -0.4 is 4.74 Å². The topological polar surface area (TPSA) is 53.0 Å². The first kappa shape index (κ1) is 24.6. The van der Waals surface area contributed by atoms with Gasteiger partial charge < -0.3 is 14.7 Å². The molecule has 2 aromatic carbocycles. The van der Waals surface area contributed by atoms with Crippen LogP contribution in [0.5, 0.6) is 5.75 Å². The number of aryl methyl sites for hydroxylation is 2. The Hall–Kier alpha value is -2.02. The Labute approximate surface area is 196 Å². The van der Waals surface area contributed by atoms with Crippen molar-refractivity contribution in [3.8, 4) is 5.75 Å². The summed E-state index contributed by atoms with van der Waals surface area (Å²) in [6.07, 6.45) is 3.21. The first-order chi connectivity index (χ1) is 15.2. The van der Waals surface area contributed by atoms with Crippen molar-refractivity contribution in [2.45, 2.75) is 51.2 Å². The SMILES string of the molecule is CSc1ccc(CCN2CCN(Cc3cc(C)c(OC(C)(C)C(=O)O)c(C)c3)CC2)cc1. The van der Waals surface area contributed by atoms with Crippen LogP contribution in [0.15, 0.2) is 41.3 Å². The van der Waals surface area contributed by atoms with Crippen molar-refractivity contribution in [3.05, 3.63) is 58.7 Å². The number of nitrogens with zero attached hydrogens (tertiary/aromatic N) is 2. The average molecular weight is 457 g/mol. The number of hydrogen-bond donors (Lipinski definition) is 1. The predicted octanol–water partition coefficient (Wildman–Crippen LogP) is 4.63. The summed E-state index contributed by atoms with van der Waals surface area (Å²) in [5, 5.41) is 9.36. The van der Waals surface area contributed by atoms with Gasteiger partial charge in [0.2, 0.25) is 0 Å². The van der Waals surface area contributed by atoms with Crippen molar-refractivity contribution in [2.24, 2.45) is 0 Å². The van der Waals surface area contributed by atoms with Crippen LogP contribution in [0.4, 0.5) is 0 Å². The van der Waals surface area contributed by atoms with Crippen molar-refractivity contribution in [2.75, 3.05) is 39.0 Å². The first-order valence-corrected chi connectivity index (χ1v) is 12.5. The Morgan fingerprint density at radius 3 is 2.09 bits per heavy atom. The lowest BCUT2D eigenvalue weighted by Gasteiger charge is -2.35. The molecule has 5 nitrogen and oxygen atoms in total. The molecule has 0 atom stereocenters. The van der Waals surface area contributed by atoms with E-state index in [9.17, 15) is 9.90 Å². The van der Waals surface area contributed by atoms with Gasteiger partial charge in [-0.05, 0) is 74.8 Å². The minimum atomic E-state index is -1.25. The maximum absolute atomic E-state index is 11.4. The fourth-order valence-corrected chi connectivity index (χ4v) is 4.51. The highest BCUT2D eigenvalue weighted by molar-refractivity contribution is 7.98. The van der Waals surface area contributed by atoms with Crippen molar-refractivity contribution >= 4 is 17.7 Å². The second-order valence-corrected chi connectivity index (χ2v) is 10.1. The Kier molecular flexibility index (Phi) is 8.26. The number of aliphatic carboxylic acids is 1. The Balaban J connectivity index is 1.50. The molecule has 6 heteroatoms. The van der Waals surface area contributed by atoms with E-state index in [1.807, 2.05) is 13.8 Å². The van der Waals surface area contributed by atoms with E-state index in [1.54, 1.807) is 25.6 Å². The van der Waals surface area contributed by atoms with E-state index in [2.05, 4.69) is 52.5 Å². The van der Waals surface area contributed by atoms with Gasteiger partial charge in [-0.2, -0.15) is 0 Å². The molecular formula is C26H36N2O3S. The molecule has 1 heterocycles. The monoisotopic (exact) mass is 456 g/mol. The number of carbonyl (C=O) groups is 1. The number of thioether (sulfide) groups is 1. The molecular weight excluding hydrogens is 420 g/mol. The summed E-state index contributed by atoms with van der Waals surface area (Å²) in [7, 11) is 0. The van der Waals surface area contributed by atoms with E-state index >= 15 is 0 Å². The van der Waals surface area contributed by atoms with E-state index in [0.29, 0.717) is 5.75 Å². The zero-order valence-corrected chi connectivity index (χ0v) is 20.8. The maximum atomic E-state index is 11.4. The minimum Gasteiger partial charge on any atom is -0.478 e. The number of ether oxygens (including phenoxy) is 1. The van der Waals surface area contributed by atoms with E-state index in [4.69, 9.17) is 4.74 Å². The van der Waals surface area contributed by atoms with Gasteiger partial charge in [-0.3, -0.25) is 4.90 Å². The molecule has 1 saturated heterocycles. The zero-order valence-electron chi connectivity index (χ0n) is 20.0. The Morgan fingerprint density at radius 1 is 1.00 bits per heavy atom. The lowest BCUT2D eigenvalue weighted by atomic mass is 10.0. The highest BCUT2D eigenvalue weighted by atomic mass is 32.2. The van der Waals surface area contributed by atoms with Crippen LogP contribution in [-0.2, 0) is 17.8 Å². The summed E-state index contributed by atoms with van der Waals surface area (Å²) < 4.78 is 5.84. The van der Waals surface area contributed by atoms with Crippen LogP contribution in [0.2, 0.25) is 0 Å². The summed E-state index contributed by atoms with van der Waals surface area (Å²) in [5.41, 5.74) is 3.39. The average Bonchev–Trinajstić information content (AvgIpc) is 2.76. The van der Waals surface area contributed by atoms with Gasteiger partial charge in [0.05, 0.1) is 0 Å². The first-order valence-electron chi connectivity index (χ1n) is 11.3. The quantitative estimate of drug-likeness (QED) is 0.556. The fraction of sp³-hybridized carbons (Fsp3) is 0.500. The Bertz CT molecular complexity index is 896. The van der Waals surface area contributed by atoms with Crippen molar-refractivity contribution in [1.82, 2.24) is 9.80 Å². The largest absolute Gasteiger partial charge is 0.478 e. The van der Waals surface area contributed by atoms with Crippen molar-refractivity contribution in [1.29, 1.82) is 0 Å². The van der Waals surface area contributed by atoms with Crippen LogP contribution in [0, 0.1) is 13.8 Å².